The minimum absolute atomic E-state index is 0.0704. The van der Waals surface area contributed by atoms with E-state index in [1.54, 1.807) is 29.0 Å². The number of nitrogens with one attached hydrogen (secondary N) is 3. The fourth-order valence-corrected chi connectivity index (χ4v) is 15.8. The van der Waals surface area contributed by atoms with Gasteiger partial charge in [0, 0.05) is 87.1 Å². The van der Waals surface area contributed by atoms with Crippen LogP contribution in [0.25, 0.3) is 27.8 Å². The molecule has 2 amide bonds. The number of carbonyl (C=O) groups excluding carboxylic acids is 3. The van der Waals surface area contributed by atoms with Crippen LogP contribution in [0.4, 0.5) is 16.3 Å². The second-order valence-corrected chi connectivity index (χ2v) is 30.5. The van der Waals surface area contributed by atoms with Crippen LogP contribution in [-0.2, 0) is 45.8 Å². The van der Waals surface area contributed by atoms with E-state index >= 15 is 0 Å². The summed E-state index contributed by atoms with van der Waals surface area (Å²) in [4.78, 5) is 89.2. The van der Waals surface area contributed by atoms with Crippen LogP contribution >= 0.6 is 66.6 Å². The fraction of sp³-hybridized carbons (Fsp3) is 0.370. The molecule has 0 spiro atoms. The summed E-state index contributed by atoms with van der Waals surface area (Å²) in [5.74, 6) is 8.01. The number of amides is 2. The molecule has 2 unspecified atom stereocenters. The van der Waals surface area contributed by atoms with Crippen molar-refractivity contribution < 1.29 is 84.5 Å². The second kappa shape index (κ2) is 27.2. The van der Waals surface area contributed by atoms with Gasteiger partial charge in [0.25, 0.3) is 12.4 Å². The summed E-state index contributed by atoms with van der Waals surface area (Å²) in [5, 5.41) is 11.1. The largest absolute Gasteiger partial charge is 0.490 e. The number of hydrogen-bond acceptors (Lipinski definition) is 23. The zero-order valence-corrected chi connectivity index (χ0v) is 53.6. The van der Waals surface area contributed by atoms with Gasteiger partial charge in [-0.3, -0.25) is 19.1 Å². The summed E-state index contributed by atoms with van der Waals surface area (Å²) < 4.78 is 79.3. The Morgan fingerprint density at radius 2 is 1.69 bits per heavy atom. The number of rotatable bonds is 24. The number of phosphoric acid groups is 3. The van der Waals surface area contributed by atoms with Gasteiger partial charge in [0.15, 0.2) is 0 Å². The molecule has 4 aliphatic rings. The monoisotopic (exact) mass is 1330 g/mol. The van der Waals surface area contributed by atoms with Gasteiger partial charge >= 0.3 is 29.6 Å². The first-order chi connectivity index (χ1) is 41.1. The number of aromatic nitrogens is 3. The summed E-state index contributed by atoms with van der Waals surface area (Å²) in [5.41, 5.74) is 13.7. The molecule has 0 saturated carbocycles. The minimum Gasteiger partial charge on any atom is -0.456 e. The average Bonchev–Trinajstić information content (AvgIpc) is 1.28. The van der Waals surface area contributed by atoms with Crippen LogP contribution in [0.5, 0.6) is 17.2 Å². The summed E-state index contributed by atoms with van der Waals surface area (Å²) in [6.07, 6.45) is 5.57. The van der Waals surface area contributed by atoms with Gasteiger partial charge in [-0.25, -0.2) is 28.5 Å². The number of nitrogen functional groups attached to an aromatic ring is 1. The van der Waals surface area contributed by atoms with Crippen molar-refractivity contribution in [1.29, 1.82) is 0 Å². The Morgan fingerprint density at radius 1 is 0.920 bits per heavy atom. The van der Waals surface area contributed by atoms with E-state index in [1.807, 2.05) is 18.4 Å². The summed E-state index contributed by atoms with van der Waals surface area (Å²) in [6.45, 7) is 12.3. The molecule has 2 aromatic heterocycles. The molecule has 3 aromatic carbocycles. The predicted octanol–water partition coefficient (Wildman–Crippen LogP) is 8.20. The lowest BCUT2D eigenvalue weighted by Crippen LogP contribution is -2.32. The SMILES string of the molecule is CSSCO[C@@H]1C[C@H](n2cc(C#CCNC(=O)OCCSSCCNC(=O)c3ccc(C4=c5cc6c(cc5Oc5cc7c(cc54)C(C)=CC(C)(C)N7)=NC(C)(C)C=C6C)c(OC=O)c3)c3c(N)ncnc32)O[C@@H]1COP(=O)(O)OP(=O)(O)OP(=O)(O)O. The van der Waals surface area contributed by atoms with Gasteiger partial charge in [-0.15, -0.1) is 0 Å². The fourth-order valence-electron chi connectivity index (χ4n) is 10.2. The lowest BCUT2D eigenvalue weighted by molar-refractivity contribution is -0.120. The highest BCUT2D eigenvalue weighted by molar-refractivity contribution is 8.76. The molecule has 0 bridgehead atoms. The molecule has 26 nitrogen and oxygen atoms in total. The zero-order chi connectivity index (χ0) is 62.6. The number of ether oxygens (including phenoxy) is 5. The Bertz CT molecular complexity index is 3960. The van der Waals surface area contributed by atoms with Gasteiger partial charge in [-0.05, 0) is 89.3 Å². The molecule has 6 heterocycles. The van der Waals surface area contributed by atoms with Crippen molar-refractivity contribution in [3.05, 3.63) is 111 Å². The molecule has 0 aliphatic carbocycles. The second-order valence-electron chi connectivity index (χ2n) is 20.9. The molecule has 9 N–H and O–H groups in total. The highest BCUT2D eigenvalue weighted by Gasteiger charge is 2.44. The molecule has 87 heavy (non-hydrogen) atoms. The molecular weight excluding hydrogens is 1270 g/mol. The molecule has 5 atom stereocenters. The van der Waals surface area contributed by atoms with E-state index in [-0.39, 0.29) is 54.1 Å². The molecule has 4 aliphatic heterocycles. The Labute approximate surface area is 514 Å². The highest BCUT2D eigenvalue weighted by atomic mass is 33.1. The standard InChI is InChI=1S/C54H61N8O18P3S4/c1-30-23-53(3,4)60-39-20-42-37(18-35(30)39)48(38-19-36-31(2)24-54(5,6)61-40(36)21-43(38)77-42)34-11-10-32(17-41(34)74-28-63)51(64)56-13-15-85-86-16-14-73-52(65)57-12-8-9-33-25-62(50-47(33)49(55)58-27-59-50)46-22-44(75-29-87-84-7)45(78-46)26-76-82(69,70)80-83(71,72)79-81(66,67)68/h10-11,17-21,23-25,27-28,44-46,60H,12-16,22,26,29H2,1-7H3,(H,56,64)(H,57,65)(H,69,70)(H,71,72)(H2,55,58,59)(H2,66,67,68)/t44-,45-,46-/m1/s1. The zero-order valence-electron chi connectivity index (χ0n) is 47.7. The third-order valence-electron chi connectivity index (χ3n) is 13.4. The Hall–Kier alpha value is -5.67. The molecule has 5 aromatic rings. The molecule has 1 fully saturated rings. The van der Waals surface area contributed by atoms with E-state index in [0.717, 1.165) is 49.7 Å². The van der Waals surface area contributed by atoms with Gasteiger partial charge in [0.2, 0.25) is 0 Å². The van der Waals surface area contributed by atoms with Crippen LogP contribution in [0.1, 0.15) is 92.4 Å². The molecular formula is C54H61N8O18P3S4. The number of nitrogens with two attached hydrogens (primary N) is 1. The summed E-state index contributed by atoms with van der Waals surface area (Å²) >= 11 is 0. The highest BCUT2D eigenvalue weighted by Crippen LogP contribution is 2.66. The van der Waals surface area contributed by atoms with E-state index in [1.165, 1.54) is 49.5 Å². The van der Waals surface area contributed by atoms with Crippen molar-refractivity contribution in [2.45, 2.75) is 77.5 Å². The number of phosphoric ester groups is 1. The normalized spacial score (nSPS) is 19.3. The molecule has 0 radical (unpaired) electrons. The molecule has 464 valence electrons. The number of benzene rings is 3. The number of anilines is 2. The van der Waals surface area contributed by atoms with E-state index in [0.29, 0.717) is 58.2 Å². The average molecular weight is 1330 g/mol. The molecule has 1 saturated heterocycles. The van der Waals surface area contributed by atoms with Gasteiger partial charge in [-0.1, -0.05) is 67.2 Å². The summed E-state index contributed by atoms with van der Waals surface area (Å²) in [7, 11) is -11.2. The maximum atomic E-state index is 13.6. The van der Waals surface area contributed by atoms with E-state index in [4.69, 9.17) is 48.7 Å². The van der Waals surface area contributed by atoms with Crippen LogP contribution < -0.4 is 41.7 Å². The van der Waals surface area contributed by atoms with Gasteiger partial charge < -0.3 is 69.5 Å². The molecule has 9 rings (SSSR count). The maximum Gasteiger partial charge on any atom is 0.490 e. The number of hydrogen-bond donors (Lipinski definition) is 8. The van der Waals surface area contributed by atoms with Crippen molar-refractivity contribution in [3.63, 3.8) is 0 Å². The van der Waals surface area contributed by atoms with Gasteiger partial charge in [-0.2, -0.15) is 8.62 Å². The number of nitrogens with zero attached hydrogens (tertiary/aromatic N) is 4. The number of fused-ring (bicyclic) bond motifs is 5. The molecule has 33 heteroatoms. The van der Waals surface area contributed by atoms with Crippen molar-refractivity contribution in [3.8, 4) is 29.1 Å². The van der Waals surface area contributed by atoms with Crippen LogP contribution in [-0.4, -0.2) is 126 Å². The lowest BCUT2D eigenvalue weighted by Gasteiger charge is -2.33. The quantitative estimate of drug-likeness (QED) is 0.00706. The first-order valence-corrected chi connectivity index (χ1v) is 36.2. The first-order valence-electron chi connectivity index (χ1n) is 26.4. The predicted molar refractivity (Wildman–Crippen MR) is 332 cm³/mol. The van der Waals surface area contributed by atoms with Crippen LogP contribution in [0.15, 0.2) is 72.1 Å². The summed E-state index contributed by atoms with van der Waals surface area (Å²) in [6, 6.07) is 13.2. The van der Waals surface area contributed by atoms with Crippen molar-refractivity contribution >= 4 is 124 Å². The Kier molecular flexibility index (Phi) is 20.6. The van der Waals surface area contributed by atoms with E-state index in [2.05, 4.69) is 112 Å². The smallest absolute Gasteiger partial charge is 0.456 e. The van der Waals surface area contributed by atoms with Crippen molar-refractivity contribution in [2.24, 2.45) is 4.99 Å². The lowest BCUT2D eigenvalue weighted by atomic mass is 9.85. The number of allylic oxidation sites excluding steroid dienone is 2. The Morgan fingerprint density at radius 3 is 2.45 bits per heavy atom. The minimum atomic E-state index is -5.76. The number of carbonyl (C=O) groups is 3. The Balaban J connectivity index is 0.773. The van der Waals surface area contributed by atoms with Crippen LogP contribution in [0, 0.1) is 11.8 Å². The van der Waals surface area contributed by atoms with E-state index < -0.39 is 60.1 Å². The third-order valence-corrected chi connectivity index (χ3v) is 21.1. The van der Waals surface area contributed by atoms with E-state index in [9.17, 15) is 37.9 Å². The third kappa shape index (κ3) is 16.4. The van der Waals surface area contributed by atoms with Gasteiger partial charge in [0.05, 0.1) is 46.6 Å². The van der Waals surface area contributed by atoms with Gasteiger partial charge in [0.1, 0.15) is 59.9 Å². The topological polar surface area (TPSA) is 362 Å². The van der Waals surface area contributed by atoms with Crippen LogP contribution in [0.2, 0.25) is 0 Å². The van der Waals surface area contributed by atoms with Crippen molar-refractivity contribution in [2.75, 3.05) is 61.1 Å². The van der Waals surface area contributed by atoms with Crippen LogP contribution in [0.3, 0.4) is 0 Å². The number of alkyl carbamates (subject to hydrolysis) is 1. The first kappa shape index (κ1) is 65.8. The van der Waals surface area contributed by atoms with Crippen molar-refractivity contribution in [1.82, 2.24) is 25.2 Å². The maximum absolute atomic E-state index is 13.6.